The van der Waals surface area contributed by atoms with Crippen LogP contribution in [0.2, 0.25) is 5.02 Å². The molecule has 0 bridgehead atoms. The zero-order valence-electron chi connectivity index (χ0n) is 10.9. The minimum absolute atomic E-state index is 0.347. The molecule has 0 saturated carbocycles. The minimum Gasteiger partial charge on any atom is -0.461 e. The van der Waals surface area contributed by atoms with E-state index in [1.54, 1.807) is 19.2 Å². The van der Waals surface area contributed by atoms with Gasteiger partial charge in [0.1, 0.15) is 5.69 Å². The van der Waals surface area contributed by atoms with E-state index in [4.69, 9.17) is 16.3 Å². The number of hydrogen-bond acceptors (Lipinski definition) is 3. The van der Waals surface area contributed by atoms with E-state index in [-0.39, 0.29) is 5.97 Å². The van der Waals surface area contributed by atoms with E-state index >= 15 is 0 Å². The van der Waals surface area contributed by atoms with E-state index in [0.717, 1.165) is 10.0 Å². The highest BCUT2D eigenvalue weighted by molar-refractivity contribution is 9.10. The van der Waals surface area contributed by atoms with Gasteiger partial charge < -0.3 is 15.0 Å². The lowest BCUT2D eigenvalue weighted by Gasteiger charge is -2.09. The Morgan fingerprint density at radius 3 is 2.95 bits per heavy atom. The zero-order valence-corrected chi connectivity index (χ0v) is 13.2. The van der Waals surface area contributed by atoms with Crippen LogP contribution in [0.4, 0.5) is 5.69 Å². The molecule has 106 valence electrons. The third-order valence-electron chi connectivity index (χ3n) is 2.71. The van der Waals surface area contributed by atoms with Crippen molar-refractivity contribution < 1.29 is 9.53 Å². The predicted octanol–water partition coefficient (Wildman–Crippen LogP) is 4.22. The first-order chi connectivity index (χ1) is 9.61. The second-order valence-electron chi connectivity index (χ2n) is 4.08. The van der Waals surface area contributed by atoms with Crippen molar-refractivity contribution in [3.63, 3.8) is 0 Å². The molecule has 6 heteroatoms. The van der Waals surface area contributed by atoms with Gasteiger partial charge in [-0.1, -0.05) is 33.6 Å². The first-order valence-electron chi connectivity index (χ1n) is 6.14. The first kappa shape index (κ1) is 14.9. The molecule has 1 heterocycles. The molecule has 0 amide bonds. The van der Waals surface area contributed by atoms with Gasteiger partial charge in [0.25, 0.3) is 0 Å². The molecule has 0 aliphatic heterocycles. The van der Waals surface area contributed by atoms with Crippen molar-refractivity contribution >= 4 is 39.2 Å². The number of hydrogen-bond donors (Lipinski definition) is 2. The SMILES string of the molecule is CCOC(=O)c1[nH]ccc1NCc1ccc(Cl)cc1Br. The highest BCUT2D eigenvalue weighted by atomic mass is 79.9. The third kappa shape index (κ3) is 3.55. The average Bonchev–Trinajstić information content (AvgIpc) is 2.86. The number of aromatic nitrogens is 1. The van der Waals surface area contributed by atoms with Crippen LogP contribution in [0.3, 0.4) is 0 Å². The molecule has 0 spiro atoms. The second kappa shape index (κ2) is 6.81. The summed E-state index contributed by atoms with van der Waals surface area (Å²) in [6.45, 7) is 2.70. The third-order valence-corrected chi connectivity index (χ3v) is 3.68. The summed E-state index contributed by atoms with van der Waals surface area (Å²) in [5, 5.41) is 3.88. The quantitative estimate of drug-likeness (QED) is 0.788. The van der Waals surface area contributed by atoms with Gasteiger partial charge in [-0.3, -0.25) is 0 Å². The van der Waals surface area contributed by atoms with Crippen molar-refractivity contribution in [3.8, 4) is 0 Å². The lowest BCUT2D eigenvalue weighted by atomic mass is 10.2. The fourth-order valence-electron chi connectivity index (χ4n) is 1.74. The highest BCUT2D eigenvalue weighted by Gasteiger charge is 2.13. The summed E-state index contributed by atoms with van der Waals surface area (Å²) >= 11 is 9.36. The molecule has 20 heavy (non-hydrogen) atoms. The maximum Gasteiger partial charge on any atom is 0.356 e. The first-order valence-corrected chi connectivity index (χ1v) is 7.31. The summed E-state index contributed by atoms with van der Waals surface area (Å²) in [6.07, 6.45) is 1.70. The van der Waals surface area contributed by atoms with Gasteiger partial charge in [-0.15, -0.1) is 0 Å². The molecule has 4 nitrogen and oxygen atoms in total. The topological polar surface area (TPSA) is 54.1 Å². The highest BCUT2D eigenvalue weighted by Crippen LogP contribution is 2.23. The molecule has 0 aliphatic carbocycles. The van der Waals surface area contributed by atoms with E-state index in [0.29, 0.717) is 29.6 Å². The molecular formula is C14H14BrClN2O2. The monoisotopic (exact) mass is 356 g/mol. The number of benzene rings is 1. The number of carbonyl (C=O) groups excluding carboxylic acids is 1. The van der Waals surface area contributed by atoms with Gasteiger partial charge in [0.05, 0.1) is 12.3 Å². The van der Waals surface area contributed by atoms with E-state index in [1.165, 1.54) is 0 Å². The smallest absolute Gasteiger partial charge is 0.356 e. The molecule has 0 unspecified atom stereocenters. The Morgan fingerprint density at radius 1 is 1.45 bits per heavy atom. The molecular weight excluding hydrogens is 344 g/mol. The van der Waals surface area contributed by atoms with Crippen LogP contribution < -0.4 is 5.32 Å². The summed E-state index contributed by atoms with van der Waals surface area (Å²) in [7, 11) is 0. The summed E-state index contributed by atoms with van der Waals surface area (Å²) in [5.74, 6) is -0.366. The van der Waals surface area contributed by atoms with Crippen LogP contribution in [0, 0.1) is 0 Å². The largest absolute Gasteiger partial charge is 0.461 e. The van der Waals surface area contributed by atoms with Crippen molar-refractivity contribution in [2.24, 2.45) is 0 Å². The van der Waals surface area contributed by atoms with Crippen LogP contribution >= 0.6 is 27.5 Å². The van der Waals surface area contributed by atoms with Crippen LogP contribution in [0.5, 0.6) is 0 Å². The van der Waals surface area contributed by atoms with Gasteiger partial charge in [0.2, 0.25) is 0 Å². The average molecular weight is 358 g/mol. The van der Waals surface area contributed by atoms with Crippen molar-refractivity contribution in [2.45, 2.75) is 13.5 Å². The number of anilines is 1. The Bertz CT molecular complexity index is 613. The number of H-pyrrole nitrogens is 1. The number of halogens is 2. The number of carbonyl (C=O) groups is 1. The van der Waals surface area contributed by atoms with Crippen LogP contribution in [-0.2, 0) is 11.3 Å². The molecule has 2 aromatic rings. The molecule has 2 rings (SSSR count). The minimum atomic E-state index is -0.366. The number of aromatic amines is 1. The zero-order chi connectivity index (χ0) is 14.5. The van der Waals surface area contributed by atoms with E-state index in [9.17, 15) is 4.79 Å². The lowest BCUT2D eigenvalue weighted by Crippen LogP contribution is -2.09. The van der Waals surface area contributed by atoms with Crippen molar-refractivity contribution in [2.75, 3.05) is 11.9 Å². The van der Waals surface area contributed by atoms with Gasteiger partial charge in [-0.05, 0) is 30.7 Å². The van der Waals surface area contributed by atoms with E-state index in [2.05, 4.69) is 26.2 Å². The Balaban J connectivity index is 2.08. The van der Waals surface area contributed by atoms with Crippen molar-refractivity contribution in [3.05, 3.63) is 51.2 Å². The lowest BCUT2D eigenvalue weighted by molar-refractivity contribution is 0.0521. The van der Waals surface area contributed by atoms with Crippen LogP contribution in [0.15, 0.2) is 34.9 Å². The van der Waals surface area contributed by atoms with Crippen LogP contribution in [-0.4, -0.2) is 17.6 Å². The second-order valence-corrected chi connectivity index (χ2v) is 5.37. The fraction of sp³-hybridized carbons (Fsp3) is 0.214. The van der Waals surface area contributed by atoms with Gasteiger partial charge in [-0.2, -0.15) is 0 Å². The Hall–Kier alpha value is -1.46. The van der Waals surface area contributed by atoms with Gasteiger partial charge in [0, 0.05) is 22.2 Å². The van der Waals surface area contributed by atoms with Gasteiger partial charge >= 0.3 is 5.97 Å². The Morgan fingerprint density at radius 2 is 2.25 bits per heavy atom. The number of rotatable bonds is 5. The van der Waals surface area contributed by atoms with Crippen molar-refractivity contribution in [1.82, 2.24) is 4.98 Å². The molecule has 0 aliphatic rings. The predicted molar refractivity (Wildman–Crippen MR) is 83.2 cm³/mol. The van der Waals surface area contributed by atoms with Crippen molar-refractivity contribution in [1.29, 1.82) is 0 Å². The molecule has 0 fully saturated rings. The maximum absolute atomic E-state index is 11.7. The normalized spacial score (nSPS) is 10.3. The molecule has 0 saturated heterocycles. The standard InChI is InChI=1S/C14H14BrClN2O2/c1-2-20-14(19)13-12(5-6-17-13)18-8-9-3-4-10(16)7-11(9)15/h3-7,17-18H,2,8H2,1H3. The maximum atomic E-state index is 11.7. The van der Waals surface area contributed by atoms with Gasteiger partial charge in [-0.25, -0.2) is 4.79 Å². The van der Waals surface area contributed by atoms with E-state index in [1.807, 2.05) is 18.2 Å². The Labute approximate surface area is 130 Å². The fourth-order valence-corrected chi connectivity index (χ4v) is 2.57. The summed E-state index contributed by atoms with van der Waals surface area (Å²) in [6, 6.07) is 7.39. The molecule has 1 aromatic carbocycles. The molecule has 0 atom stereocenters. The van der Waals surface area contributed by atoms with Crippen LogP contribution in [0.25, 0.3) is 0 Å². The van der Waals surface area contributed by atoms with Gasteiger partial charge in [0.15, 0.2) is 0 Å². The summed E-state index contributed by atoms with van der Waals surface area (Å²) in [5.41, 5.74) is 2.19. The molecule has 0 radical (unpaired) electrons. The van der Waals surface area contributed by atoms with E-state index < -0.39 is 0 Å². The number of esters is 1. The van der Waals surface area contributed by atoms with Crippen LogP contribution in [0.1, 0.15) is 23.0 Å². The Kier molecular flexibility index (Phi) is 5.09. The number of nitrogens with one attached hydrogen (secondary N) is 2. The number of ether oxygens (including phenoxy) is 1. The molecule has 2 N–H and O–H groups in total. The summed E-state index contributed by atoms with van der Waals surface area (Å²) < 4.78 is 5.90. The molecule has 1 aromatic heterocycles. The summed E-state index contributed by atoms with van der Waals surface area (Å²) in [4.78, 5) is 14.6.